The molecular weight excluding hydrogens is 348 g/mol. The van der Waals surface area contributed by atoms with Gasteiger partial charge in [0.05, 0.1) is 0 Å². The fraction of sp³-hybridized carbons (Fsp3) is 0.640. The van der Waals surface area contributed by atoms with Crippen molar-refractivity contribution in [3.05, 3.63) is 41.5 Å². The Morgan fingerprint density at radius 3 is 2.21 bits per heavy atom. The predicted octanol–water partition coefficient (Wildman–Crippen LogP) is 7.38. The van der Waals surface area contributed by atoms with E-state index in [4.69, 9.17) is 9.47 Å². The van der Waals surface area contributed by atoms with Crippen LogP contribution in [-0.2, 0) is 11.2 Å². The predicted molar refractivity (Wildman–Crippen MR) is 116 cm³/mol. The molecule has 1 aromatic carbocycles. The van der Waals surface area contributed by atoms with Crippen LogP contribution in [-0.4, -0.2) is 11.8 Å². The average molecular weight is 387 g/mol. The van der Waals surface area contributed by atoms with Gasteiger partial charge in [0.15, 0.2) is 0 Å². The minimum atomic E-state index is -0.882. The number of carbonyl (C=O) groups excluding carboxylic acids is 1. The van der Waals surface area contributed by atoms with E-state index in [0.717, 1.165) is 18.4 Å². The first kappa shape index (κ1) is 22.5. The van der Waals surface area contributed by atoms with Crippen molar-refractivity contribution in [2.45, 2.75) is 104 Å². The fourth-order valence-electron chi connectivity index (χ4n) is 3.69. The van der Waals surface area contributed by atoms with Crippen molar-refractivity contribution in [2.75, 3.05) is 0 Å². The number of fused-ring (bicyclic) bond motifs is 1. The van der Waals surface area contributed by atoms with Crippen LogP contribution in [0, 0.1) is 0 Å². The van der Waals surface area contributed by atoms with Gasteiger partial charge in [-0.15, -0.1) is 0 Å². The zero-order valence-corrected chi connectivity index (χ0v) is 18.1. The highest BCUT2D eigenvalue weighted by Gasteiger charge is 2.35. The number of hydrogen-bond acceptors (Lipinski definition) is 3. The summed E-state index contributed by atoms with van der Waals surface area (Å²) in [4.78, 5) is 12.3. The first-order valence-corrected chi connectivity index (χ1v) is 11.2. The molecule has 28 heavy (non-hydrogen) atoms. The monoisotopic (exact) mass is 386 g/mol. The Labute approximate surface area is 171 Å². The molecule has 0 spiro atoms. The van der Waals surface area contributed by atoms with E-state index >= 15 is 0 Å². The maximum atomic E-state index is 12.3. The van der Waals surface area contributed by atoms with Crippen molar-refractivity contribution < 1.29 is 14.3 Å². The Hall–Kier alpha value is -1.77. The van der Waals surface area contributed by atoms with E-state index in [0.29, 0.717) is 11.3 Å². The number of esters is 1. The molecule has 1 aliphatic heterocycles. The lowest BCUT2D eigenvalue weighted by atomic mass is 9.98. The van der Waals surface area contributed by atoms with Crippen molar-refractivity contribution >= 4 is 5.97 Å². The fourth-order valence-corrected chi connectivity index (χ4v) is 3.69. The third-order valence-corrected chi connectivity index (χ3v) is 5.22. The van der Waals surface area contributed by atoms with E-state index in [9.17, 15) is 4.79 Å². The number of rotatable bonds is 13. The molecule has 0 saturated carbocycles. The maximum absolute atomic E-state index is 12.3. The number of carbonyl (C=O) groups is 1. The van der Waals surface area contributed by atoms with Crippen LogP contribution in [0.25, 0.3) is 0 Å². The van der Waals surface area contributed by atoms with Gasteiger partial charge in [-0.05, 0) is 50.2 Å². The van der Waals surface area contributed by atoms with Gasteiger partial charge < -0.3 is 9.47 Å². The molecule has 0 N–H and O–H groups in total. The first-order chi connectivity index (χ1) is 13.5. The molecule has 0 fully saturated rings. The Morgan fingerprint density at radius 2 is 1.50 bits per heavy atom. The molecular formula is C25H38O3. The average Bonchev–Trinajstić information content (AvgIpc) is 2.64. The number of aryl methyl sites for hydroxylation is 1. The third-order valence-electron chi connectivity index (χ3n) is 5.22. The Balaban J connectivity index is 1.60. The molecule has 1 aliphatic rings. The normalized spacial score (nSPS) is 15.3. The SMILES string of the molecule is CCCCCC/C=C\CCCCCCCc1cccc2c1C(=O)OC(C)(C)O2. The standard InChI is InChI=1S/C25H38O3/c1-4-5-6-7-8-9-10-11-12-13-14-15-16-18-21-19-17-20-22-23(21)24(26)28-25(2,3)27-22/h9-10,17,19-20H,4-8,11-16,18H2,1-3H3/b10-9-. The lowest BCUT2D eigenvalue weighted by molar-refractivity contribution is -0.127. The van der Waals surface area contributed by atoms with Crippen LogP contribution in [0.3, 0.4) is 0 Å². The second-order valence-electron chi connectivity index (χ2n) is 8.31. The van der Waals surface area contributed by atoms with Crippen molar-refractivity contribution in [3.63, 3.8) is 0 Å². The molecule has 0 atom stereocenters. The number of ether oxygens (including phenoxy) is 2. The van der Waals surface area contributed by atoms with E-state index in [1.807, 2.05) is 18.2 Å². The highest BCUT2D eigenvalue weighted by Crippen LogP contribution is 2.33. The van der Waals surface area contributed by atoms with Gasteiger partial charge in [-0.25, -0.2) is 4.79 Å². The Bertz CT molecular complexity index is 631. The van der Waals surface area contributed by atoms with Gasteiger partial charge in [-0.2, -0.15) is 0 Å². The zero-order valence-electron chi connectivity index (χ0n) is 18.1. The summed E-state index contributed by atoms with van der Waals surface area (Å²) < 4.78 is 11.2. The summed E-state index contributed by atoms with van der Waals surface area (Å²) in [6.45, 7) is 5.79. The van der Waals surface area contributed by atoms with E-state index < -0.39 is 5.79 Å². The second kappa shape index (κ2) is 11.9. The second-order valence-corrected chi connectivity index (χ2v) is 8.31. The van der Waals surface area contributed by atoms with Crippen LogP contribution in [0.5, 0.6) is 5.75 Å². The van der Waals surface area contributed by atoms with Gasteiger partial charge >= 0.3 is 5.97 Å². The van der Waals surface area contributed by atoms with Crippen molar-refractivity contribution in [1.82, 2.24) is 0 Å². The summed E-state index contributed by atoms with van der Waals surface area (Å²) >= 11 is 0. The molecule has 0 bridgehead atoms. The van der Waals surface area contributed by atoms with E-state index in [-0.39, 0.29) is 5.97 Å². The zero-order chi connectivity index (χ0) is 20.2. The molecule has 2 rings (SSSR count). The van der Waals surface area contributed by atoms with Gasteiger partial charge in [0.25, 0.3) is 0 Å². The minimum Gasteiger partial charge on any atom is -0.452 e. The quantitative estimate of drug-likeness (QED) is 0.201. The first-order valence-electron chi connectivity index (χ1n) is 11.2. The smallest absolute Gasteiger partial charge is 0.345 e. The summed E-state index contributed by atoms with van der Waals surface area (Å²) in [6, 6.07) is 5.85. The van der Waals surface area contributed by atoms with Gasteiger partial charge in [0, 0.05) is 13.8 Å². The summed E-state index contributed by atoms with van der Waals surface area (Å²) in [6.07, 6.45) is 19.6. The van der Waals surface area contributed by atoms with E-state index in [1.165, 1.54) is 64.2 Å². The molecule has 1 heterocycles. The van der Waals surface area contributed by atoms with Gasteiger partial charge in [0.1, 0.15) is 11.3 Å². The number of hydrogen-bond donors (Lipinski definition) is 0. The van der Waals surface area contributed by atoms with Crippen LogP contribution in [0.1, 0.15) is 107 Å². The van der Waals surface area contributed by atoms with Gasteiger partial charge in [0.2, 0.25) is 5.79 Å². The summed E-state index contributed by atoms with van der Waals surface area (Å²) in [5.74, 6) is -0.490. The van der Waals surface area contributed by atoms with Crippen molar-refractivity contribution in [3.8, 4) is 5.75 Å². The topological polar surface area (TPSA) is 35.5 Å². The van der Waals surface area contributed by atoms with Crippen LogP contribution < -0.4 is 4.74 Å². The molecule has 0 aliphatic carbocycles. The number of allylic oxidation sites excluding steroid dienone is 2. The van der Waals surface area contributed by atoms with E-state index in [2.05, 4.69) is 19.1 Å². The number of unbranched alkanes of at least 4 members (excludes halogenated alkanes) is 9. The Morgan fingerprint density at radius 1 is 0.857 bits per heavy atom. The molecule has 0 unspecified atom stereocenters. The summed E-state index contributed by atoms with van der Waals surface area (Å²) in [5.41, 5.74) is 1.66. The highest BCUT2D eigenvalue weighted by atomic mass is 16.7. The lowest BCUT2D eigenvalue weighted by Crippen LogP contribution is -2.39. The van der Waals surface area contributed by atoms with E-state index in [1.54, 1.807) is 13.8 Å². The molecule has 1 aromatic rings. The van der Waals surface area contributed by atoms with Crippen LogP contribution in [0.4, 0.5) is 0 Å². The van der Waals surface area contributed by atoms with Crippen LogP contribution in [0.15, 0.2) is 30.4 Å². The minimum absolute atomic E-state index is 0.261. The molecule has 0 amide bonds. The molecule has 156 valence electrons. The number of benzene rings is 1. The molecule has 3 heteroatoms. The van der Waals surface area contributed by atoms with Gasteiger partial charge in [-0.1, -0.05) is 69.7 Å². The van der Waals surface area contributed by atoms with Gasteiger partial charge in [-0.3, -0.25) is 0 Å². The number of cyclic esters (lactones) is 1. The van der Waals surface area contributed by atoms with Crippen molar-refractivity contribution in [1.29, 1.82) is 0 Å². The largest absolute Gasteiger partial charge is 0.452 e. The maximum Gasteiger partial charge on any atom is 0.345 e. The highest BCUT2D eigenvalue weighted by molar-refractivity contribution is 5.95. The van der Waals surface area contributed by atoms with Crippen LogP contribution in [0.2, 0.25) is 0 Å². The molecule has 0 saturated heterocycles. The molecule has 0 radical (unpaired) electrons. The van der Waals surface area contributed by atoms with Crippen LogP contribution >= 0.6 is 0 Å². The Kier molecular flexibility index (Phi) is 9.60. The molecule has 0 aromatic heterocycles. The lowest BCUT2D eigenvalue weighted by Gasteiger charge is -2.32. The third kappa shape index (κ3) is 7.69. The summed E-state index contributed by atoms with van der Waals surface area (Å²) in [5, 5.41) is 0. The van der Waals surface area contributed by atoms with Crippen molar-refractivity contribution in [2.24, 2.45) is 0 Å². The summed E-state index contributed by atoms with van der Waals surface area (Å²) in [7, 11) is 0. The molecule has 3 nitrogen and oxygen atoms in total.